The first-order valence-electron chi connectivity index (χ1n) is 5.85. The monoisotopic (exact) mass is 208 g/mol. The maximum atomic E-state index is 5.09. The van der Waals surface area contributed by atoms with Crippen molar-refractivity contribution in [3.05, 3.63) is 24.2 Å². The van der Waals surface area contributed by atoms with Gasteiger partial charge in [0.2, 0.25) is 0 Å². The third-order valence-corrected chi connectivity index (χ3v) is 3.13. The van der Waals surface area contributed by atoms with Crippen LogP contribution in [0.25, 0.3) is 0 Å². The van der Waals surface area contributed by atoms with Crippen LogP contribution in [0.3, 0.4) is 0 Å². The van der Waals surface area contributed by atoms with E-state index in [2.05, 4.69) is 23.2 Å². The number of rotatable bonds is 3. The maximum absolute atomic E-state index is 5.09. The highest BCUT2D eigenvalue weighted by atomic mass is 16.3. The van der Waals surface area contributed by atoms with Gasteiger partial charge in [-0.3, -0.25) is 4.90 Å². The van der Waals surface area contributed by atoms with E-state index in [0.29, 0.717) is 6.04 Å². The zero-order valence-electron chi connectivity index (χ0n) is 9.41. The molecule has 2 heterocycles. The lowest BCUT2D eigenvalue weighted by atomic mass is 10.1. The number of furan rings is 1. The van der Waals surface area contributed by atoms with Gasteiger partial charge in [0.25, 0.3) is 0 Å². The van der Waals surface area contributed by atoms with Crippen LogP contribution < -0.4 is 5.32 Å². The molecule has 1 atom stereocenters. The molecule has 2 rings (SSSR count). The van der Waals surface area contributed by atoms with Gasteiger partial charge >= 0.3 is 0 Å². The first kappa shape index (κ1) is 10.7. The van der Waals surface area contributed by atoms with Crippen LogP contribution in [0, 0.1) is 0 Å². The lowest BCUT2D eigenvalue weighted by Gasteiger charge is -2.18. The molecule has 84 valence electrons. The van der Waals surface area contributed by atoms with Crippen LogP contribution in [0.2, 0.25) is 0 Å². The Morgan fingerprint density at radius 2 is 2.47 bits per heavy atom. The van der Waals surface area contributed by atoms with Crippen molar-refractivity contribution in [1.29, 1.82) is 0 Å². The molecule has 1 aromatic rings. The first-order chi connectivity index (χ1) is 7.38. The van der Waals surface area contributed by atoms with Crippen molar-refractivity contribution in [2.75, 3.05) is 19.6 Å². The topological polar surface area (TPSA) is 28.4 Å². The van der Waals surface area contributed by atoms with Crippen LogP contribution in [0.5, 0.6) is 0 Å². The van der Waals surface area contributed by atoms with Crippen molar-refractivity contribution in [3.63, 3.8) is 0 Å². The van der Waals surface area contributed by atoms with E-state index in [-0.39, 0.29) is 0 Å². The van der Waals surface area contributed by atoms with E-state index < -0.39 is 0 Å². The van der Waals surface area contributed by atoms with Gasteiger partial charge in [-0.25, -0.2) is 0 Å². The summed E-state index contributed by atoms with van der Waals surface area (Å²) in [6.07, 6.45) is 6.09. The van der Waals surface area contributed by atoms with Crippen molar-refractivity contribution < 1.29 is 4.42 Å². The summed E-state index contributed by atoms with van der Waals surface area (Å²) in [5.41, 5.74) is 1.28. The quantitative estimate of drug-likeness (QED) is 0.821. The van der Waals surface area contributed by atoms with Crippen LogP contribution in [0.4, 0.5) is 0 Å². The molecular formula is C12H20N2O. The Morgan fingerprint density at radius 1 is 1.53 bits per heavy atom. The summed E-state index contributed by atoms with van der Waals surface area (Å²) < 4.78 is 5.09. The smallest absolute Gasteiger partial charge is 0.0947 e. The van der Waals surface area contributed by atoms with Gasteiger partial charge in [-0.15, -0.1) is 0 Å². The predicted octanol–water partition coefficient (Wildman–Crippen LogP) is 1.85. The molecule has 0 aliphatic carbocycles. The van der Waals surface area contributed by atoms with Gasteiger partial charge in [-0.2, -0.15) is 0 Å². The molecule has 0 spiro atoms. The van der Waals surface area contributed by atoms with E-state index in [1.54, 1.807) is 6.26 Å². The Labute approximate surface area is 91.4 Å². The molecule has 0 radical (unpaired) electrons. The van der Waals surface area contributed by atoms with E-state index in [0.717, 1.165) is 19.6 Å². The fourth-order valence-corrected chi connectivity index (χ4v) is 2.13. The Morgan fingerprint density at radius 3 is 3.20 bits per heavy atom. The van der Waals surface area contributed by atoms with Gasteiger partial charge in [-0.1, -0.05) is 6.92 Å². The fourth-order valence-electron chi connectivity index (χ4n) is 2.13. The van der Waals surface area contributed by atoms with E-state index in [1.807, 2.05) is 6.26 Å². The van der Waals surface area contributed by atoms with Crippen LogP contribution in [-0.2, 0) is 6.54 Å². The molecule has 1 aliphatic heterocycles. The van der Waals surface area contributed by atoms with E-state index in [1.165, 1.54) is 24.9 Å². The normalized spacial score (nSPS) is 23.9. The second-order valence-electron chi connectivity index (χ2n) is 4.26. The second kappa shape index (κ2) is 5.33. The van der Waals surface area contributed by atoms with Crippen molar-refractivity contribution in [3.8, 4) is 0 Å². The standard InChI is InChI=1S/C12H20N2O/c1-2-12-3-6-14(7-5-13-12)9-11-4-8-15-10-11/h4,8,10,12-13H,2-3,5-7,9H2,1H3. The molecule has 0 saturated carbocycles. The molecule has 1 fully saturated rings. The Hall–Kier alpha value is -0.800. The van der Waals surface area contributed by atoms with Gasteiger partial charge in [0.15, 0.2) is 0 Å². The first-order valence-corrected chi connectivity index (χ1v) is 5.85. The van der Waals surface area contributed by atoms with E-state index >= 15 is 0 Å². The average Bonchev–Trinajstić information content (AvgIpc) is 2.64. The van der Waals surface area contributed by atoms with Crippen LogP contribution in [0.1, 0.15) is 25.3 Å². The average molecular weight is 208 g/mol. The van der Waals surface area contributed by atoms with Crippen molar-refractivity contribution in [2.24, 2.45) is 0 Å². The molecule has 1 N–H and O–H groups in total. The van der Waals surface area contributed by atoms with Crippen LogP contribution >= 0.6 is 0 Å². The maximum Gasteiger partial charge on any atom is 0.0947 e. The van der Waals surface area contributed by atoms with E-state index in [4.69, 9.17) is 4.42 Å². The summed E-state index contributed by atoms with van der Waals surface area (Å²) in [6.45, 7) is 6.72. The zero-order chi connectivity index (χ0) is 10.5. The van der Waals surface area contributed by atoms with Crippen LogP contribution in [0.15, 0.2) is 23.0 Å². The zero-order valence-corrected chi connectivity index (χ0v) is 9.41. The number of nitrogens with zero attached hydrogens (tertiary/aromatic N) is 1. The predicted molar refractivity (Wildman–Crippen MR) is 60.7 cm³/mol. The lowest BCUT2D eigenvalue weighted by molar-refractivity contribution is 0.281. The molecule has 1 aromatic heterocycles. The van der Waals surface area contributed by atoms with Gasteiger partial charge in [0.05, 0.1) is 12.5 Å². The van der Waals surface area contributed by atoms with Crippen LogP contribution in [-0.4, -0.2) is 30.6 Å². The molecule has 15 heavy (non-hydrogen) atoms. The minimum Gasteiger partial charge on any atom is -0.472 e. The SMILES string of the molecule is CCC1CCN(Cc2ccoc2)CCN1. The highest BCUT2D eigenvalue weighted by molar-refractivity contribution is 5.04. The second-order valence-corrected chi connectivity index (χ2v) is 4.26. The lowest BCUT2D eigenvalue weighted by Crippen LogP contribution is -2.29. The van der Waals surface area contributed by atoms with Crippen molar-refractivity contribution in [2.45, 2.75) is 32.4 Å². The highest BCUT2D eigenvalue weighted by Crippen LogP contribution is 2.09. The molecule has 3 nitrogen and oxygen atoms in total. The minimum atomic E-state index is 0.708. The Kier molecular flexibility index (Phi) is 3.80. The number of nitrogens with one attached hydrogen (secondary N) is 1. The van der Waals surface area contributed by atoms with Gasteiger partial charge in [0.1, 0.15) is 0 Å². The summed E-state index contributed by atoms with van der Waals surface area (Å²) >= 11 is 0. The number of hydrogen-bond donors (Lipinski definition) is 1. The van der Waals surface area contributed by atoms with Gasteiger partial charge in [-0.05, 0) is 18.9 Å². The third kappa shape index (κ3) is 3.08. The Balaban J connectivity index is 1.83. The highest BCUT2D eigenvalue weighted by Gasteiger charge is 2.14. The van der Waals surface area contributed by atoms with Gasteiger partial charge < -0.3 is 9.73 Å². The third-order valence-electron chi connectivity index (χ3n) is 3.13. The molecule has 1 unspecified atom stereocenters. The molecular weight excluding hydrogens is 188 g/mol. The molecule has 3 heteroatoms. The number of hydrogen-bond acceptors (Lipinski definition) is 3. The largest absolute Gasteiger partial charge is 0.472 e. The summed E-state index contributed by atoms with van der Waals surface area (Å²) in [5, 5.41) is 3.58. The summed E-state index contributed by atoms with van der Waals surface area (Å²) in [7, 11) is 0. The van der Waals surface area contributed by atoms with Crippen molar-refractivity contribution >= 4 is 0 Å². The van der Waals surface area contributed by atoms with Crippen molar-refractivity contribution in [1.82, 2.24) is 10.2 Å². The summed E-state index contributed by atoms with van der Waals surface area (Å²) in [5.74, 6) is 0. The summed E-state index contributed by atoms with van der Waals surface area (Å²) in [4.78, 5) is 2.49. The molecule has 0 amide bonds. The van der Waals surface area contributed by atoms with Gasteiger partial charge in [0, 0.05) is 37.8 Å². The molecule has 1 saturated heterocycles. The molecule has 0 bridgehead atoms. The minimum absolute atomic E-state index is 0.708. The van der Waals surface area contributed by atoms with E-state index in [9.17, 15) is 0 Å². The molecule has 1 aliphatic rings. The Bertz CT molecular complexity index is 271. The molecule has 0 aromatic carbocycles. The summed E-state index contributed by atoms with van der Waals surface area (Å²) in [6, 6.07) is 2.76. The fraction of sp³-hybridized carbons (Fsp3) is 0.667.